The van der Waals surface area contributed by atoms with Gasteiger partial charge < -0.3 is 19.7 Å². The van der Waals surface area contributed by atoms with Gasteiger partial charge in [-0.05, 0) is 29.8 Å². The van der Waals surface area contributed by atoms with E-state index in [1.54, 1.807) is 35.2 Å². The molecular formula is C23H25FN4O5. The summed E-state index contributed by atoms with van der Waals surface area (Å²) in [6.07, 6.45) is 0.209. The molecule has 0 aromatic heterocycles. The standard InChI is InChI=1S/C23H25FN4O5/c24-17-3-1-16(2-4-17)13-22(30)28-9-7-27(8-10-28)15-21(29)26-23(31)25-18-5-6-19-20(14-18)33-12-11-32-19/h1-6,14H,7-13,15H2,(H2,25,26,29,31). The molecule has 0 unspecified atom stereocenters. The van der Waals surface area contributed by atoms with E-state index in [1.165, 1.54) is 12.1 Å². The molecule has 0 spiro atoms. The van der Waals surface area contributed by atoms with Gasteiger partial charge >= 0.3 is 6.03 Å². The van der Waals surface area contributed by atoms with Gasteiger partial charge in [0.15, 0.2) is 11.5 Å². The molecule has 174 valence electrons. The van der Waals surface area contributed by atoms with Gasteiger partial charge in [-0.3, -0.25) is 19.8 Å². The number of hydrogen-bond donors (Lipinski definition) is 2. The Morgan fingerprint density at radius 3 is 2.33 bits per heavy atom. The third-order valence-corrected chi connectivity index (χ3v) is 5.41. The summed E-state index contributed by atoms with van der Waals surface area (Å²) in [5.41, 5.74) is 1.24. The maximum atomic E-state index is 13.0. The fourth-order valence-electron chi connectivity index (χ4n) is 3.70. The summed E-state index contributed by atoms with van der Waals surface area (Å²) in [7, 11) is 0. The van der Waals surface area contributed by atoms with E-state index in [9.17, 15) is 18.8 Å². The molecule has 0 atom stereocenters. The van der Waals surface area contributed by atoms with Gasteiger partial charge in [0.05, 0.1) is 13.0 Å². The zero-order valence-corrected chi connectivity index (χ0v) is 18.0. The van der Waals surface area contributed by atoms with Crippen molar-refractivity contribution in [2.24, 2.45) is 0 Å². The first-order valence-electron chi connectivity index (χ1n) is 10.7. The lowest BCUT2D eigenvalue weighted by molar-refractivity contribution is -0.132. The molecular weight excluding hydrogens is 431 g/mol. The van der Waals surface area contributed by atoms with Crippen LogP contribution >= 0.6 is 0 Å². The van der Waals surface area contributed by atoms with Gasteiger partial charge in [-0.1, -0.05) is 12.1 Å². The number of halogens is 1. The van der Waals surface area contributed by atoms with Crippen LogP contribution in [0.1, 0.15) is 5.56 Å². The van der Waals surface area contributed by atoms with Gasteiger partial charge in [-0.2, -0.15) is 0 Å². The molecule has 2 aliphatic rings. The molecule has 2 aliphatic heterocycles. The second-order valence-corrected chi connectivity index (χ2v) is 7.82. The maximum absolute atomic E-state index is 13.0. The fraction of sp³-hybridized carbons (Fsp3) is 0.348. The molecule has 1 fully saturated rings. The molecule has 1 saturated heterocycles. The zero-order valence-electron chi connectivity index (χ0n) is 18.0. The molecule has 9 nitrogen and oxygen atoms in total. The molecule has 4 rings (SSSR count). The van der Waals surface area contributed by atoms with E-state index >= 15 is 0 Å². The number of carbonyl (C=O) groups excluding carboxylic acids is 3. The summed E-state index contributed by atoms with van der Waals surface area (Å²) in [6, 6.07) is 10.2. The van der Waals surface area contributed by atoms with Gasteiger partial charge in [0.2, 0.25) is 11.8 Å². The average Bonchev–Trinajstić information content (AvgIpc) is 2.80. The lowest BCUT2D eigenvalue weighted by Crippen LogP contribution is -2.52. The van der Waals surface area contributed by atoms with Crippen molar-refractivity contribution in [2.45, 2.75) is 6.42 Å². The zero-order chi connectivity index (χ0) is 23.2. The Morgan fingerprint density at radius 2 is 1.61 bits per heavy atom. The topological polar surface area (TPSA) is 100 Å². The minimum absolute atomic E-state index is 0.0375. The number of anilines is 1. The summed E-state index contributed by atoms with van der Waals surface area (Å²) in [6.45, 7) is 2.97. The van der Waals surface area contributed by atoms with Crippen molar-refractivity contribution < 1.29 is 28.2 Å². The highest BCUT2D eigenvalue weighted by Crippen LogP contribution is 2.32. The van der Waals surface area contributed by atoms with Crippen molar-refractivity contribution in [1.29, 1.82) is 0 Å². The first-order valence-corrected chi connectivity index (χ1v) is 10.7. The molecule has 4 amide bonds. The predicted molar refractivity (Wildman–Crippen MR) is 118 cm³/mol. The number of nitrogens with zero attached hydrogens (tertiary/aromatic N) is 2. The molecule has 0 radical (unpaired) electrons. The van der Waals surface area contributed by atoms with E-state index in [2.05, 4.69) is 10.6 Å². The molecule has 2 N–H and O–H groups in total. The number of ether oxygens (including phenoxy) is 2. The van der Waals surface area contributed by atoms with Gasteiger partial charge in [0.25, 0.3) is 0 Å². The third-order valence-electron chi connectivity index (χ3n) is 5.41. The van der Waals surface area contributed by atoms with Crippen molar-refractivity contribution >= 4 is 23.5 Å². The quantitative estimate of drug-likeness (QED) is 0.710. The Labute approximate surface area is 190 Å². The lowest BCUT2D eigenvalue weighted by Gasteiger charge is -2.34. The number of benzene rings is 2. The van der Waals surface area contributed by atoms with Crippen molar-refractivity contribution in [3.05, 3.63) is 53.8 Å². The Balaban J connectivity index is 1.18. The number of hydrogen-bond acceptors (Lipinski definition) is 6. The highest BCUT2D eigenvalue weighted by atomic mass is 19.1. The van der Waals surface area contributed by atoms with E-state index in [0.717, 1.165) is 5.56 Å². The van der Waals surface area contributed by atoms with Crippen LogP contribution in [0.2, 0.25) is 0 Å². The minimum atomic E-state index is -0.634. The SMILES string of the molecule is O=C(CN1CCN(C(=O)Cc2ccc(F)cc2)CC1)NC(=O)Nc1ccc2c(c1)OCCO2. The number of rotatable bonds is 5. The first-order chi connectivity index (χ1) is 16.0. The second-order valence-electron chi connectivity index (χ2n) is 7.82. The van der Waals surface area contributed by atoms with Crippen LogP contribution in [0, 0.1) is 5.82 Å². The van der Waals surface area contributed by atoms with Crippen LogP contribution in [-0.4, -0.2) is 73.6 Å². The number of imide groups is 1. The number of amides is 4. The molecule has 2 aromatic rings. The Bertz CT molecular complexity index is 1020. The van der Waals surface area contributed by atoms with Crippen molar-refractivity contribution in [3.8, 4) is 11.5 Å². The summed E-state index contributed by atoms with van der Waals surface area (Å²) < 4.78 is 23.9. The Hall–Kier alpha value is -3.66. The summed E-state index contributed by atoms with van der Waals surface area (Å²) >= 11 is 0. The van der Waals surface area contributed by atoms with Crippen LogP contribution in [-0.2, 0) is 16.0 Å². The summed E-state index contributed by atoms with van der Waals surface area (Å²) in [5, 5.41) is 4.92. The van der Waals surface area contributed by atoms with E-state index in [1.807, 2.05) is 4.90 Å². The van der Waals surface area contributed by atoms with Crippen LogP contribution in [0.5, 0.6) is 11.5 Å². The summed E-state index contributed by atoms with van der Waals surface area (Å²) in [5.74, 6) is 0.342. The molecule has 2 heterocycles. The fourth-order valence-corrected chi connectivity index (χ4v) is 3.70. The number of nitrogens with one attached hydrogen (secondary N) is 2. The lowest BCUT2D eigenvalue weighted by atomic mass is 10.1. The van der Waals surface area contributed by atoms with E-state index in [-0.39, 0.29) is 24.7 Å². The van der Waals surface area contributed by atoms with Crippen LogP contribution in [0.25, 0.3) is 0 Å². The van der Waals surface area contributed by atoms with Gasteiger partial charge in [0.1, 0.15) is 19.0 Å². The molecule has 0 saturated carbocycles. The van der Waals surface area contributed by atoms with Crippen LogP contribution in [0.3, 0.4) is 0 Å². The highest BCUT2D eigenvalue weighted by Gasteiger charge is 2.23. The van der Waals surface area contributed by atoms with Gasteiger partial charge in [-0.25, -0.2) is 9.18 Å². The van der Waals surface area contributed by atoms with E-state index in [4.69, 9.17) is 9.47 Å². The predicted octanol–water partition coefficient (Wildman–Crippen LogP) is 1.63. The minimum Gasteiger partial charge on any atom is -0.486 e. The Morgan fingerprint density at radius 1 is 0.909 bits per heavy atom. The molecule has 2 aromatic carbocycles. The number of carbonyl (C=O) groups is 3. The Kier molecular flexibility index (Phi) is 7.04. The number of piperazine rings is 1. The van der Waals surface area contributed by atoms with Gasteiger partial charge in [-0.15, -0.1) is 0 Å². The molecule has 0 bridgehead atoms. The van der Waals surface area contributed by atoms with Crippen molar-refractivity contribution in [3.63, 3.8) is 0 Å². The van der Waals surface area contributed by atoms with E-state index < -0.39 is 11.9 Å². The van der Waals surface area contributed by atoms with Crippen molar-refractivity contribution in [1.82, 2.24) is 15.1 Å². The molecule has 10 heteroatoms. The molecule has 0 aliphatic carbocycles. The second kappa shape index (κ2) is 10.3. The maximum Gasteiger partial charge on any atom is 0.325 e. The highest BCUT2D eigenvalue weighted by molar-refractivity contribution is 6.01. The number of fused-ring (bicyclic) bond motifs is 1. The van der Waals surface area contributed by atoms with Gasteiger partial charge in [0, 0.05) is 37.9 Å². The first kappa shape index (κ1) is 22.5. The smallest absolute Gasteiger partial charge is 0.325 e. The van der Waals surface area contributed by atoms with Crippen LogP contribution in [0.4, 0.5) is 14.9 Å². The molecule has 33 heavy (non-hydrogen) atoms. The monoisotopic (exact) mass is 456 g/mol. The van der Waals surface area contributed by atoms with Crippen molar-refractivity contribution in [2.75, 3.05) is 51.3 Å². The third kappa shape index (κ3) is 6.19. The van der Waals surface area contributed by atoms with Crippen LogP contribution < -0.4 is 20.1 Å². The number of urea groups is 1. The van der Waals surface area contributed by atoms with Crippen LogP contribution in [0.15, 0.2) is 42.5 Å². The van der Waals surface area contributed by atoms with E-state index in [0.29, 0.717) is 56.6 Å². The largest absolute Gasteiger partial charge is 0.486 e. The normalized spacial score (nSPS) is 15.6. The summed E-state index contributed by atoms with van der Waals surface area (Å²) in [4.78, 5) is 40.5. The average molecular weight is 456 g/mol.